The minimum absolute atomic E-state index is 0.673. The Labute approximate surface area is 87.3 Å². The SMILES string of the molecule is CCCc1cccc(CN)c1CCC. The first-order valence-electron chi connectivity index (χ1n) is 5.63. The molecule has 14 heavy (non-hydrogen) atoms. The first kappa shape index (κ1) is 11.3. The van der Waals surface area contributed by atoms with Crippen molar-refractivity contribution in [2.24, 2.45) is 5.73 Å². The highest BCUT2D eigenvalue weighted by molar-refractivity contribution is 5.35. The van der Waals surface area contributed by atoms with E-state index in [0.717, 1.165) is 0 Å². The second-order valence-corrected chi connectivity index (χ2v) is 3.76. The first-order valence-corrected chi connectivity index (χ1v) is 5.63. The van der Waals surface area contributed by atoms with Crippen LogP contribution in [0, 0.1) is 0 Å². The Hall–Kier alpha value is -0.820. The van der Waals surface area contributed by atoms with Gasteiger partial charge in [0.2, 0.25) is 0 Å². The molecule has 0 aromatic heterocycles. The number of nitrogens with two attached hydrogens (primary N) is 1. The Bertz CT molecular complexity index is 279. The maximum absolute atomic E-state index is 5.75. The van der Waals surface area contributed by atoms with Crippen LogP contribution in [0.2, 0.25) is 0 Å². The molecule has 1 heteroatoms. The fourth-order valence-corrected chi connectivity index (χ4v) is 1.95. The van der Waals surface area contributed by atoms with E-state index in [-0.39, 0.29) is 0 Å². The molecule has 1 aromatic rings. The molecule has 0 radical (unpaired) electrons. The summed E-state index contributed by atoms with van der Waals surface area (Å²) in [6, 6.07) is 6.53. The molecular formula is C13H21N. The monoisotopic (exact) mass is 191 g/mol. The molecular weight excluding hydrogens is 170 g/mol. The van der Waals surface area contributed by atoms with E-state index in [1.165, 1.54) is 42.4 Å². The third-order valence-electron chi connectivity index (χ3n) is 2.61. The molecule has 0 fully saturated rings. The van der Waals surface area contributed by atoms with Crippen LogP contribution >= 0.6 is 0 Å². The largest absolute Gasteiger partial charge is 0.326 e. The molecule has 2 N–H and O–H groups in total. The minimum Gasteiger partial charge on any atom is -0.326 e. The van der Waals surface area contributed by atoms with E-state index in [0.29, 0.717) is 6.54 Å². The van der Waals surface area contributed by atoms with Crippen molar-refractivity contribution in [3.63, 3.8) is 0 Å². The van der Waals surface area contributed by atoms with Crippen molar-refractivity contribution < 1.29 is 0 Å². The fourth-order valence-electron chi connectivity index (χ4n) is 1.95. The minimum atomic E-state index is 0.673. The normalized spacial score (nSPS) is 10.5. The van der Waals surface area contributed by atoms with Crippen molar-refractivity contribution in [3.05, 3.63) is 34.9 Å². The molecule has 0 aliphatic carbocycles. The van der Waals surface area contributed by atoms with E-state index >= 15 is 0 Å². The predicted molar refractivity (Wildman–Crippen MR) is 62.3 cm³/mol. The van der Waals surface area contributed by atoms with Crippen LogP contribution in [-0.2, 0) is 19.4 Å². The zero-order valence-electron chi connectivity index (χ0n) is 9.34. The topological polar surface area (TPSA) is 26.0 Å². The lowest BCUT2D eigenvalue weighted by Crippen LogP contribution is -2.04. The predicted octanol–water partition coefficient (Wildman–Crippen LogP) is 3.05. The van der Waals surface area contributed by atoms with Crippen molar-refractivity contribution >= 4 is 0 Å². The summed E-state index contributed by atoms with van der Waals surface area (Å²) in [7, 11) is 0. The number of benzene rings is 1. The summed E-state index contributed by atoms with van der Waals surface area (Å²) in [4.78, 5) is 0. The van der Waals surface area contributed by atoms with Crippen molar-refractivity contribution in [2.45, 2.75) is 46.1 Å². The van der Waals surface area contributed by atoms with Gasteiger partial charge in [-0.05, 0) is 29.5 Å². The summed E-state index contributed by atoms with van der Waals surface area (Å²) in [5, 5.41) is 0. The molecule has 0 saturated heterocycles. The Balaban J connectivity index is 3.00. The number of rotatable bonds is 5. The molecule has 1 nitrogen and oxygen atoms in total. The smallest absolute Gasteiger partial charge is 0.0180 e. The van der Waals surface area contributed by atoms with Crippen LogP contribution in [0.25, 0.3) is 0 Å². The summed E-state index contributed by atoms with van der Waals surface area (Å²) in [6.45, 7) is 5.13. The summed E-state index contributed by atoms with van der Waals surface area (Å²) in [6.07, 6.45) is 4.77. The van der Waals surface area contributed by atoms with Crippen molar-refractivity contribution in [1.82, 2.24) is 0 Å². The molecule has 0 atom stereocenters. The van der Waals surface area contributed by atoms with Gasteiger partial charge in [0.05, 0.1) is 0 Å². The van der Waals surface area contributed by atoms with Crippen LogP contribution in [0.15, 0.2) is 18.2 Å². The summed E-state index contributed by atoms with van der Waals surface area (Å²) in [5.74, 6) is 0. The maximum Gasteiger partial charge on any atom is 0.0180 e. The zero-order chi connectivity index (χ0) is 10.4. The van der Waals surface area contributed by atoms with E-state index in [1.54, 1.807) is 0 Å². The van der Waals surface area contributed by atoms with Crippen LogP contribution in [0.4, 0.5) is 0 Å². The van der Waals surface area contributed by atoms with Crippen LogP contribution in [0.1, 0.15) is 43.4 Å². The quantitative estimate of drug-likeness (QED) is 0.760. The summed E-state index contributed by atoms with van der Waals surface area (Å²) >= 11 is 0. The van der Waals surface area contributed by atoms with Gasteiger partial charge in [-0.2, -0.15) is 0 Å². The summed E-state index contributed by atoms with van der Waals surface area (Å²) in [5.41, 5.74) is 10.1. The van der Waals surface area contributed by atoms with Gasteiger partial charge in [0.1, 0.15) is 0 Å². The van der Waals surface area contributed by atoms with Gasteiger partial charge in [0, 0.05) is 6.54 Å². The van der Waals surface area contributed by atoms with Gasteiger partial charge in [-0.15, -0.1) is 0 Å². The van der Waals surface area contributed by atoms with E-state index in [4.69, 9.17) is 5.73 Å². The van der Waals surface area contributed by atoms with E-state index in [9.17, 15) is 0 Å². The van der Waals surface area contributed by atoms with E-state index in [1.807, 2.05) is 0 Å². The lowest BCUT2D eigenvalue weighted by Gasteiger charge is -2.12. The fraction of sp³-hybridized carbons (Fsp3) is 0.538. The van der Waals surface area contributed by atoms with Crippen LogP contribution in [0.5, 0.6) is 0 Å². The molecule has 0 heterocycles. The van der Waals surface area contributed by atoms with E-state index < -0.39 is 0 Å². The van der Waals surface area contributed by atoms with Gasteiger partial charge < -0.3 is 5.73 Å². The van der Waals surface area contributed by atoms with Gasteiger partial charge in [0.15, 0.2) is 0 Å². The van der Waals surface area contributed by atoms with Gasteiger partial charge in [-0.3, -0.25) is 0 Å². The Morgan fingerprint density at radius 2 is 1.64 bits per heavy atom. The molecule has 0 aliphatic rings. The molecule has 0 saturated carbocycles. The average Bonchev–Trinajstić information content (AvgIpc) is 2.21. The second-order valence-electron chi connectivity index (χ2n) is 3.76. The second kappa shape index (κ2) is 5.82. The number of aryl methyl sites for hydroxylation is 1. The standard InChI is InChI=1S/C13H21N/c1-3-6-11-8-5-9-12(10-14)13(11)7-4-2/h5,8-9H,3-4,6-7,10,14H2,1-2H3. The molecule has 1 rings (SSSR count). The van der Waals surface area contributed by atoms with Gasteiger partial charge in [0.25, 0.3) is 0 Å². The molecule has 1 aromatic carbocycles. The molecule has 0 amide bonds. The first-order chi connectivity index (χ1) is 6.83. The number of hydrogen-bond acceptors (Lipinski definition) is 1. The average molecular weight is 191 g/mol. The van der Waals surface area contributed by atoms with Gasteiger partial charge in [-0.25, -0.2) is 0 Å². The molecule has 0 unspecified atom stereocenters. The highest BCUT2D eigenvalue weighted by Crippen LogP contribution is 2.18. The zero-order valence-corrected chi connectivity index (χ0v) is 9.34. The Kier molecular flexibility index (Phi) is 4.68. The number of hydrogen-bond donors (Lipinski definition) is 1. The summed E-state index contributed by atoms with van der Waals surface area (Å²) < 4.78 is 0. The third-order valence-corrected chi connectivity index (χ3v) is 2.61. The van der Waals surface area contributed by atoms with Crippen molar-refractivity contribution in [2.75, 3.05) is 0 Å². The van der Waals surface area contributed by atoms with Gasteiger partial charge in [-0.1, -0.05) is 44.9 Å². The Morgan fingerprint density at radius 1 is 1.00 bits per heavy atom. The highest BCUT2D eigenvalue weighted by atomic mass is 14.5. The lowest BCUT2D eigenvalue weighted by molar-refractivity contribution is 0.841. The maximum atomic E-state index is 5.75. The molecule has 0 bridgehead atoms. The molecule has 78 valence electrons. The molecule has 0 spiro atoms. The third kappa shape index (κ3) is 2.58. The lowest BCUT2D eigenvalue weighted by atomic mass is 9.94. The van der Waals surface area contributed by atoms with Gasteiger partial charge >= 0.3 is 0 Å². The van der Waals surface area contributed by atoms with Crippen LogP contribution in [-0.4, -0.2) is 0 Å². The van der Waals surface area contributed by atoms with Crippen LogP contribution in [0.3, 0.4) is 0 Å². The highest BCUT2D eigenvalue weighted by Gasteiger charge is 2.05. The van der Waals surface area contributed by atoms with Crippen molar-refractivity contribution in [3.8, 4) is 0 Å². The van der Waals surface area contributed by atoms with Crippen LogP contribution < -0.4 is 5.73 Å². The van der Waals surface area contributed by atoms with E-state index in [2.05, 4.69) is 32.0 Å². The Morgan fingerprint density at radius 3 is 2.21 bits per heavy atom. The molecule has 0 aliphatic heterocycles. The van der Waals surface area contributed by atoms with Crippen molar-refractivity contribution in [1.29, 1.82) is 0 Å².